The summed E-state index contributed by atoms with van der Waals surface area (Å²) in [6.45, 7) is 3.56. The Balaban J connectivity index is 0.000000387. The van der Waals surface area contributed by atoms with Crippen LogP contribution in [0.4, 0.5) is 0 Å². The molecule has 2 rings (SSSR count). The van der Waals surface area contributed by atoms with E-state index < -0.39 is 11.9 Å². The van der Waals surface area contributed by atoms with Crippen LogP contribution < -0.4 is 10.0 Å². The monoisotopic (exact) mass is 377 g/mol. The molecule has 27 heavy (non-hydrogen) atoms. The highest BCUT2D eigenvalue weighted by Gasteiger charge is 2.63. The summed E-state index contributed by atoms with van der Waals surface area (Å²) in [4.78, 5) is 32.8. The molecule has 148 valence electrons. The van der Waals surface area contributed by atoms with Gasteiger partial charge in [-0.3, -0.25) is 4.79 Å². The molecule has 2 atom stereocenters. The van der Waals surface area contributed by atoms with Crippen molar-refractivity contribution in [1.82, 2.24) is 0 Å². The number of hydrogen-bond donors (Lipinski definition) is 2. The Morgan fingerprint density at radius 1 is 1.26 bits per heavy atom. The number of aliphatic carboxylic acids is 2. The molecular weight excluding hydrogens is 350 g/mol. The Morgan fingerprint density at radius 2 is 1.89 bits per heavy atom. The summed E-state index contributed by atoms with van der Waals surface area (Å²) in [6.07, 6.45) is 2.74. The Hall–Kier alpha value is -2.67. The first-order valence-corrected chi connectivity index (χ1v) is 8.87. The SMILES string of the molecule is CCCOC(=O)[C@]1(c2ccccc2)C[C@@H]1C[NH+](C)C.O=C([O-])/C=C/C(=O)O. The Morgan fingerprint density at radius 3 is 2.33 bits per heavy atom. The molecule has 0 aliphatic heterocycles. The van der Waals surface area contributed by atoms with Crippen LogP contribution in [-0.4, -0.2) is 50.3 Å². The summed E-state index contributed by atoms with van der Waals surface area (Å²) in [5.41, 5.74) is 0.732. The molecule has 1 aliphatic carbocycles. The van der Waals surface area contributed by atoms with Gasteiger partial charge in [0.2, 0.25) is 0 Å². The lowest BCUT2D eigenvalue weighted by Crippen LogP contribution is -3.06. The number of ether oxygens (including phenoxy) is 1. The number of carboxylic acids is 2. The lowest BCUT2D eigenvalue weighted by Gasteiger charge is -2.17. The fourth-order valence-electron chi connectivity index (χ4n) is 2.99. The number of carbonyl (C=O) groups excluding carboxylic acids is 2. The van der Waals surface area contributed by atoms with E-state index in [1.54, 1.807) is 0 Å². The lowest BCUT2D eigenvalue weighted by atomic mass is 9.93. The van der Waals surface area contributed by atoms with Crippen molar-refractivity contribution in [3.05, 3.63) is 48.0 Å². The normalized spacial score (nSPS) is 20.7. The van der Waals surface area contributed by atoms with E-state index in [4.69, 9.17) is 9.84 Å². The van der Waals surface area contributed by atoms with Gasteiger partial charge in [0.05, 0.1) is 33.2 Å². The zero-order chi connectivity index (χ0) is 20.4. The minimum Gasteiger partial charge on any atom is -0.545 e. The third kappa shape index (κ3) is 6.86. The van der Waals surface area contributed by atoms with Crippen LogP contribution in [0.15, 0.2) is 42.5 Å². The molecule has 7 nitrogen and oxygen atoms in total. The summed E-state index contributed by atoms with van der Waals surface area (Å²) >= 11 is 0. The molecule has 0 aromatic heterocycles. The molecule has 0 bridgehead atoms. The Bertz CT molecular complexity index is 654. The first kappa shape index (κ1) is 22.4. The summed E-state index contributed by atoms with van der Waals surface area (Å²) in [7, 11) is 4.26. The molecule has 2 N–H and O–H groups in total. The molecule has 0 unspecified atom stereocenters. The van der Waals surface area contributed by atoms with E-state index in [2.05, 4.69) is 26.2 Å². The molecule has 1 fully saturated rings. The molecule has 0 heterocycles. The Labute approximate surface area is 159 Å². The maximum absolute atomic E-state index is 12.4. The van der Waals surface area contributed by atoms with Gasteiger partial charge in [0, 0.05) is 12.0 Å². The van der Waals surface area contributed by atoms with Gasteiger partial charge < -0.3 is 24.6 Å². The number of benzene rings is 1. The van der Waals surface area contributed by atoms with Crippen molar-refractivity contribution in [3.63, 3.8) is 0 Å². The third-order valence-corrected chi connectivity index (χ3v) is 4.21. The van der Waals surface area contributed by atoms with Gasteiger partial charge in [0.25, 0.3) is 0 Å². The van der Waals surface area contributed by atoms with E-state index in [0.717, 1.165) is 24.9 Å². The highest BCUT2D eigenvalue weighted by atomic mass is 16.5. The molecular formula is C20H27NO6. The highest BCUT2D eigenvalue weighted by molar-refractivity contribution is 5.88. The molecule has 1 aromatic rings. The standard InChI is InChI=1S/C16H23NO2.C4H4O4/c1-4-10-19-15(18)16(11-14(16)12-17(2)3)13-8-6-5-7-9-13;5-3(6)1-2-4(7)8/h5-9,14H,4,10-12H2,1-3H3;1-2H,(H,5,6)(H,7,8)/b;2-1+/t14-,16+;/m1./s1. The van der Waals surface area contributed by atoms with Gasteiger partial charge in [-0.2, -0.15) is 0 Å². The summed E-state index contributed by atoms with van der Waals surface area (Å²) < 4.78 is 5.44. The maximum atomic E-state index is 12.4. The van der Waals surface area contributed by atoms with Gasteiger partial charge in [-0.05, 0) is 24.5 Å². The zero-order valence-corrected chi connectivity index (χ0v) is 15.9. The summed E-state index contributed by atoms with van der Waals surface area (Å²) in [5, 5.41) is 17.2. The van der Waals surface area contributed by atoms with E-state index in [1.165, 1.54) is 4.90 Å². The fourth-order valence-corrected chi connectivity index (χ4v) is 2.99. The van der Waals surface area contributed by atoms with Crippen LogP contribution in [0.1, 0.15) is 25.3 Å². The van der Waals surface area contributed by atoms with Crippen molar-refractivity contribution in [2.75, 3.05) is 27.2 Å². The minimum absolute atomic E-state index is 0.0354. The lowest BCUT2D eigenvalue weighted by molar-refractivity contribution is -0.860. The number of quaternary nitrogens is 1. The number of hydrogen-bond acceptors (Lipinski definition) is 5. The Kier molecular flexibility index (Phi) is 8.68. The van der Waals surface area contributed by atoms with Crippen LogP contribution in [0.25, 0.3) is 0 Å². The van der Waals surface area contributed by atoms with Crippen LogP contribution >= 0.6 is 0 Å². The third-order valence-electron chi connectivity index (χ3n) is 4.21. The van der Waals surface area contributed by atoms with E-state index in [-0.39, 0.29) is 11.4 Å². The predicted octanol–water partition coefficient (Wildman–Crippen LogP) is -0.581. The minimum atomic E-state index is -1.51. The van der Waals surface area contributed by atoms with Crippen molar-refractivity contribution < 1.29 is 34.2 Å². The van der Waals surface area contributed by atoms with E-state index in [1.807, 2.05) is 25.1 Å². The maximum Gasteiger partial charge on any atom is 0.328 e. The molecule has 1 saturated carbocycles. The van der Waals surface area contributed by atoms with Crippen LogP contribution in [0, 0.1) is 5.92 Å². The van der Waals surface area contributed by atoms with Crippen molar-refractivity contribution >= 4 is 17.9 Å². The van der Waals surface area contributed by atoms with Crippen LogP contribution in [0.2, 0.25) is 0 Å². The van der Waals surface area contributed by atoms with E-state index in [0.29, 0.717) is 24.7 Å². The highest BCUT2D eigenvalue weighted by Crippen LogP contribution is 2.54. The van der Waals surface area contributed by atoms with Crippen LogP contribution in [-0.2, 0) is 24.5 Å². The predicted molar refractivity (Wildman–Crippen MR) is 96.9 cm³/mol. The fraction of sp³-hybridized carbons (Fsp3) is 0.450. The van der Waals surface area contributed by atoms with Crippen LogP contribution in [0.3, 0.4) is 0 Å². The smallest absolute Gasteiger partial charge is 0.328 e. The van der Waals surface area contributed by atoms with Gasteiger partial charge in [-0.1, -0.05) is 37.3 Å². The van der Waals surface area contributed by atoms with Gasteiger partial charge in [0.15, 0.2) is 0 Å². The number of carbonyl (C=O) groups is 3. The second-order valence-corrected chi connectivity index (χ2v) is 6.78. The van der Waals surface area contributed by atoms with Gasteiger partial charge >= 0.3 is 11.9 Å². The van der Waals surface area contributed by atoms with Crippen molar-refractivity contribution in [2.24, 2.45) is 5.92 Å². The van der Waals surface area contributed by atoms with E-state index in [9.17, 15) is 19.5 Å². The van der Waals surface area contributed by atoms with Gasteiger partial charge in [-0.25, -0.2) is 4.79 Å². The zero-order valence-electron chi connectivity index (χ0n) is 15.9. The number of esters is 1. The van der Waals surface area contributed by atoms with Gasteiger partial charge in [-0.15, -0.1) is 0 Å². The summed E-state index contributed by atoms with van der Waals surface area (Å²) in [5.74, 6) is -2.43. The molecule has 0 saturated heterocycles. The average molecular weight is 377 g/mol. The molecule has 7 heteroatoms. The quantitative estimate of drug-likeness (QED) is 0.464. The molecule has 1 aliphatic rings. The van der Waals surface area contributed by atoms with Gasteiger partial charge in [0.1, 0.15) is 5.41 Å². The second kappa shape index (κ2) is 10.5. The number of nitrogens with one attached hydrogen (secondary N) is 1. The van der Waals surface area contributed by atoms with Crippen molar-refractivity contribution in [2.45, 2.75) is 25.2 Å². The first-order chi connectivity index (χ1) is 12.7. The average Bonchev–Trinajstić information content (AvgIpc) is 3.33. The second-order valence-electron chi connectivity index (χ2n) is 6.78. The largest absolute Gasteiger partial charge is 0.545 e. The summed E-state index contributed by atoms with van der Waals surface area (Å²) in [6, 6.07) is 10.1. The molecule has 0 amide bonds. The first-order valence-electron chi connectivity index (χ1n) is 8.87. The van der Waals surface area contributed by atoms with Crippen LogP contribution in [0.5, 0.6) is 0 Å². The number of carboxylic acid groups (broad SMARTS) is 2. The molecule has 0 radical (unpaired) electrons. The van der Waals surface area contributed by atoms with E-state index >= 15 is 0 Å². The topological polar surface area (TPSA) is 108 Å². The van der Waals surface area contributed by atoms with Crippen molar-refractivity contribution in [1.29, 1.82) is 0 Å². The number of rotatable bonds is 8. The van der Waals surface area contributed by atoms with Crippen molar-refractivity contribution in [3.8, 4) is 0 Å². The molecule has 0 spiro atoms. The molecule has 1 aromatic carbocycles.